The van der Waals surface area contributed by atoms with Crippen LogP contribution in [0.15, 0.2) is 5.38 Å². The largest absolute Gasteiger partial charge is 0.375 e. The number of nitrogens with zero attached hydrogens (tertiary/aromatic N) is 2. The molecule has 0 aromatic carbocycles. The molecule has 1 aliphatic rings. The first-order valence-corrected chi connectivity index (χ1v) is 7.39. The fourth-order valence-corrected chi connectivity index (χ4v) is 3.20. The summed E-state index contributed by atoms with van der Waals surface area (Å²) in [6.07, 6.45) is 0. The zero-order valence-corrected chi connectivity index (χ0v) is 10.1. The zero-order valence-electron chi connectivity index (χ0n) is 8.42. The van der Waals surface area contributed by atoms with Crippen LogP contribution in [0.1, 0.15) is 10.5 Å². The van der Waals surface area contributed by atoms with Crippen molar-refractivity contribution in [1.82, 2.24) is 9.88 Å². The fourth-order valence-electron chi connectivity index (χ4n) is 1.46. The minimum absolute atomic E-state index is 0.0262. The standard InChI is InChI=1S/C8H11N3O3S2/c9-8-10-6(5-15-8)7(12)11-1-3-16(13,14)4-2-11/h5H,1-4H2,(H2,9,10). The first-order valence-electron chi connectivity index (χ1n) is 4.69. The number of rotatable bonds is 1. The van der Waals surface area contributed by atoms with Crippen molar-refractivity contribution in [2.75, 3.05) is 30.3 Å². The summed E-state index contributed by atoms with van der Waals surface area (Å²) in [5.41, 5.74) is 5.72. The lowest BCUT2D eigenvalue weighted by Crippen LogP contribution is -2.43. The molecule has 8 heteroatoms. The monoisotopic (exact) mass is 261 g/mol. The number of nitrogens with two attached hydrogens (primary N) is 1. The van der Waals surface area contributed by atoms with E-state index in [-0.39, 0.29) is 30.5 Å². The molecule has 16 heavy (non-hydrogen) atoms. The average Bonchev–Trinajstić information content (AvgIpc) is 2.64. The number of amides is 1. The maximum atomic E-state index is 11.8. The van der Waals surface area contributed by atoms with Crippen LogP contribution < -0.4 is 5.73 Å². The summed E-state index contributed by atoms with van der Waals surface area (Å²) < 4.78 is 22.4. The molecule has 6 nitrogen and oxygen atoms in total. The minimum Gasteiger partial charge on any atom is -0.375 e. The van der Waals surface area contributed by atoms with Gasteiger partial charge in [0.2, 0.25) is 0 Å². The second-order valence-electron chi connectivity index (χ2n) is 3.52. The molecule has 88 valence electrons. The zero-order chi connectivity index (χ0) is 11.8. The third-order valence-electron chi connectivity index (χ3n) is 2.37. The molecule has 2 N–H and O–H groups in total. The highest BCUT2D eigenvalue weighted by atomic mass is 32.2. The number of sulfone groups is 1. The summed E-state index contributed by atoms with van der Waals surface area (Å²) in [7, 11) is -2.96. The lowest BCUT2D eigenvalue weighted by atomic mass is 10.4. The van der Waals surface area contributed by atoms with Crippen molar-refractivity contribution in [2.45, 2.75) is 0 Å². The van der Waals surface area contributed by atoms with Gasteiger partial charge in [0.05, 0.1) is 11.5 Å². The van der Waals surface area contributed by atoms with E-state index in [1.165, 1.54) is 16.2 Å². The molecular formula is C8H11N3O3S2. The normalized spacial score (nSPS) is 19.6. The number of aromatic nitrogens is 1. The summed E-state index contributed by atoms with van der Waals surface area (Å²) in [6, 6.07) is 0. The fraction of sp³-hybridized carbons (Fsp3) is 0.500. The Balaban J connectivity index is 2.07. The van der Waals surface area contributed by atoms with Gasteiger partial charge in [0.15, 0.2) is 15.0 Å². The van der Waals surface area contributed by atoms with Gasteiger partial charge in [-0.3, -0.25) is 4.79 Å². The number of nitrogen functional groups attached to an aromatic ring is 1. The predicted octanol–water partition coefficient (Wildman–Crippen LogP) is -0.404. The van der Waals surface area contributed by atoms with E-state index in [1.54, 1.807) is 5.38 Å². The minimum atomic E-state index is -2.96. The summed E-state index contributed by atoms with van der Waals surface area (Å²) in [5.74, 6) is -0.195. The number of carbonyl (C=O) groups excluding carboxylic acids is 1. The number of thiazole rings is 1. The number of hydrogen-bond acceptors (Lipinski definition) is 6. The lowest BCUT2D eigenvalue weighted by molar-refractivity contribution is 0.0765. The van der Waals surface area contributed by atoms with Gasteiger partial charge >= 0.3 is 0 Å². The van der Waals surface area contributed by atoms with Gasteiger partial charge < -0.3 is 10.6 Å². The van der Waals surface area contributed by atoms with Gasteiger partial charge in [-0.25, -0.2) is 13.4 Å². The number of carbonyl (C=O) groups is 1. The molecule has 2 heterocycles. The Morgan fingerprint density at radius 2 is 2.06 bits per heavy atom. The van der Waals surface area contributed by atoms with Crippen molar-refractivity contribution >= 4 is 32.2 Å². The molecular weight excluding hydrogens is 250 g/mol. The van der Waals surface area contributed by atoms with Gasteiger partial charge in [-0.1, -0.05) is 0 Å². The van der Waals surface area contributed by atoms with E-state index >= 15 is 0 Å². The molecule has 0 unspecified atom stereocenters. The Bertz CT molecular complexity index is 494. The van der Waals surface area contributed by atoms with Crippen LogP contribution in [0.2, 0.25) is 0 Å². The van der Waals surface area contributed by atoms with Crippen LogP contribution in [0.3, 0.4) is 0 Å². The van der Waals surface area contributed by atoms with Gasteiger partial charge in [-0.05, 0) is 0 Å². The summed E-state index contributed by atoms with van der Waals surface area (Å²) in [4.78, 5) is 17.2. The summed E-state index contributed by atoms with van der Waals surface area (Å²) in [6.45, 7) is 0.469. The average molecular weight is 261 g/mol. The highest BCUT2D eigenvalue weighted by Crippen LogP contribution is 2.14. The van der Waals surface area contributed by atoms with Crippen LogP contribution in [-0.4, -0.2) is 48.8 Å². The number of hydrogen-bond donors (Lipinski definition) is 1. The van der Waals surface area contributed by atoms with E-state index in [2.05, 4.69) is 4.98 Å². The molecule has 0 saturated carbocycles. The topological polar surface area (TPSA) is 93.4 Å². The van der Waals surface area contributed by atoms with Crippen molar-refractivity contribution < 1.29 is 13.2 Å². The second-order valence-corrected chi connectivity index (χ2v) is 6.71. The smallest absolute Gasteiger partial charge is 0.273 e. The Morgan fingerprint density at radius 3 is 2.56 bits per heavy atom. The van der Waals surface area contributed by atoms with E-state index in [4.69, 9.17) is 5.73 Å². The van der Waals surface area contributed by atoms with E-state index in [0.29, 0.717) is 10.8 Å². The summed E-state index contributed by atoms with van der Waals surface area (Å²) >= 11 is 1.20. The maximum absolute atomic E-state index is 11.8. The molecule has 1 aromatic rings. The number of anilines is 1. The molecule has 1 aliphatic heterocycles. The molecule has 0 bridgehead atoms. The van der Waals surface area contributed by atoms with E-state index in [1.807, 2.05) is 0 Å². The van der Waals surface area contributed by atoms with Gasteiger partial charge in [0, 0.05) is 18.5 Å². The molecule has 1 fully saturated rings. The van der Waals surface area contributed by atoms with Crippen LogP contribution in [0.4, 0.5) is 5.13 Å². The predicted molar refractivity (Wildman–Crippen MR) is 61.1 cm³/mol. The van der Waals surface area contributed by atoms with Crippen LogP contribution in [0.5, 0.6) is 0 Å². The Labute approximate surface area is 97.0 Å². The lowest BCUT2D eigenvalue weighted by Gasteiger charge is -2.25. The molecule has 1 aromatic heterocycles. The molecule has 2 rings (SSSR count). The van der Waals surface area contributed by atoms with E-state index in [9.17, 15) is 13.2 Å². The molecule has 1 amide bonds. The third-order valence-corrected chi connectivity index (χ3v) is 4.66. The first kappa shape index (κ1) is 11.3. The van der Waals surface area contributed by atoms with E-state index in [0.717, 1.165) is 0 Å². The van der Waals surface area contributed by atoms with Crippen molar-refractivity contribution in [3.05, 3.63) is 11.1 Å². The van der Waals surface area contributed by atoms with Crippen LogP contribution >= 0.6 is 11.3 Å². The van der Waals surface area contributed by atoms with Gasteiger partial charge in [-0.2, -0.15) is 0 Å². The van der Waals surface area contributed by atoms with Crippen molar-refractivity contribution in [3.8, 4) is 0 Å². The highest BCUT2D eigenvalue weighted by molar-refractivity contribution is 7.91. The molecule has 0 radical (unpaired) electrons. The highest BCUT2D eigenvalue weighted by Gasteiger charge is 2.26. The first-order chi connectivity index (χ1) is 7.48. The quantitative estimate of drug-likeness (QED) is 0.742. The third kappa shape index (κ3) is 2.33. The maximum Gasteiger partial charge on any atom is 0.273 e. The SMILES string of the molecule is Nc1nc(C(=O)N2CCS(=O)(=O)CC2)cs1. The second kappa shape index (κ2) is 4.02. The molecule has 0 spiro atoms. The van der Waals surface area contributed by atoms with Crippen molar-refractivity contribution in [2.24, 2.45) is 0 Å². The summed E-state index contributed by atoms with van der Waals surface area (Å²) in [5, 5.41) is 1.92. The Kier molecular flexibility index (Phi) is 2.85. The van der Waals surface area contributed by atoms with Crippen molar-refractivity contribution in [3.63, 3.8) is 0 Å². The van der Waals surface area contributed by atoms with Crippen LogP contribution in [0.25, 0.3) is 0 Å². The van der Waals surface area contributed by atoms with Gasteiger partial charge in [0.25, 0.3) is 5.91 Å². The molecule has 0 aliphatic carbocycles. The van der Waals surface area contributed by atoms with Gasteiger partial charge in [0.1, 0.15) is 5.69 Å². The Hall–Kier alpha value is -1.15. The van der Waals surface area contributed by atoms with Crippen LogP contribution in [0, 0.1) is 0 Å². The van der Waals surface area contributed by atoms with E-state index < -0.39 is 9.84 Å². The molecule has 1 saturated heterocycles. The van der Waals surface area contributed by atoms with Gasteiger partial charge in [-0.15, -0.1) is 11.3 Å². The van der Waals surface area contributed by atoms with Crippen LogP contribution in [-0.2, 0) is 9.84 Å². The Morgan fingerprint density at radius 1 is 1.44 bits per heavy atom. The van der Waals surface area contributed by atoms with Crippen molar-refractivity contribution in [1.29, 1.82) is 0 Å². The molecule has 0 atom stereocenters.